The van der Waals surface area contributed by atoms with Gasteiger partial charge in [0.2, 0.25) is 0 Å². The molecule has 36 heavy (non-hydrogen) atoms. The molecule has 0 aliphatic carbocycles. The minimum atomic E-state index is 0.00783. The van der Waals surface area contributed by atoms with Crippen molar-refractivity contribution in [3.05, 3.63) is 71.8 Å². The number of likely N-dealkylation sites (tertiary alicyclic amines) is 2. The van der Waals surface area contributed by atoms with Gasteiger partial charge in [0.15, 0.2) is 11.6 Å². The van der Waals surface area contributed by atoms with E-state index in [-0.39, 0.29) is 23.7 Å². The number of unbranched alkanes of at least 4 members (excludes halogenated alkanes) is 3. The molecule has 2 fully saturated rings. The van der Waals surface area contributed by atoms with Gasteiger partial charge in [-0.2, -0.15) is 0 Å². The lowest BCUT2D eigenvalue weighted by Gasteiger charge is -2.34. The van der Waals surface area contributed by atoms with Gasteiger partial charge in [-0.15, -0.1) is 0 Å². The molecule has 4 rings (SSSR count). The van der Waals surface area contributed by atoms with Crippen molar-refractivity contribution < 1.29 is 9.59 Å². The Morgan fingerprint density at radius 2 is 0.889 bits per heavy atom. The summed E-state index contributed by atoms with van der Waals surface area (Å²) in [7, 11) is 0. The fraction of sp³-hybridized carbons (Fsp3) is 0.562. The first-order valence-electron chi connectivity index (χ1n) is 14.4. The zero-order valence-electron chi connectivity index (χ0n) is 22.0. The number of nitrogens with zero attached hydrogens (tertiary/aromatic N) is 2. The van der Waals surface area contributed by atoms with Crippen LogP contribution in [0.5, 0.6) is 0 Å². The van der Waals surface area contributed by atoms with Crippen molar-refractivity contribution in [2.45, 2.75) is 89.1 Å². The maximum absolute atomic E-state index is 13.4. The molecular formula is C32H44N2O2. The lowest BCUT2D eigenvalue weighted by atomic mass is 9.93. The van der Waals surface area contributed by atoms with Gasteiger partial charge < -0.3 is 0 Å². The van der Waals surface area contributed by atoms with Gasteiger partial charge in [-0.05, 0) is 64.7 Å². The molecule has 2 aromatic rings. The number of carbonyl (C=O) groups excluding carboxylic acids is 2. The lowest BCUT2D eigenvalue weighted by molar-refractivity contribution is 0.0751. The maximum Gasteiger partial charge on any atom is 0.179 e. The van der Waals surface area contributed by atoms with E-state index in [0.29, 0.717) is 0 Å². The van der Waals surface area contributed by atoms with Crippen LogP contribution in [0.2, 0.25) is 0 Å². The van der Waals surface area contributed by atoms with Crippen LogP contribution in [0.25, 0.3) is 0 Å². The molecule has 0 saturated carbocycles. The van der Waals surface area contributed by atoms with Gasteiger partial charge in [-0.1, -0.05) is 99.2 Å². The first-order valence-corrected chi connectivity index (χ1v) is 14.4. The molecule has 2 saturated heterocycles. The van der Waals surface area contributed by atoms with Crippen LogP contribution >= 0.6 is 0 Å². The summed E-state index contributed by atoms with van der Waals surface area (Å²) in [6, 6.07) is 19.7. The van der Waals surface area contributed by atoms with Crippen molar-refractivity contribution in [3.63, 3.8) is 0 Å². The number of hydrogen-bond donors (Lipinski definition) is 0. The SMILES string of the molecule is O=C(c1ccccc1)C(CCCCCCC(C(=O)c1ccccc1)N1CCCCC1)N1CCCCC1. The molecule has 0 radical (unpaired) electrons. The highest BCUT2D eigenvalue weighted by Crippen LogP contribution is 2.23. The highest BCUT2D eigenvalue weighted by atomic mass is 16.1. The van der Waals surface area contributed by atoms with E-state index >= 15 is 0 Å². The Balaban J connectivity index is 1.28. The molecule has 2 atom stereocenters. The van der Waals surface area contributed by atoms with Crippen LogP contribution in [0.4, 0.5) is 0 Å². The fourth-order valence-corrected chi connectivity index (χ4v) is 6.04. The minimum absolute atomic E-state index is 0.00783. The molecule has 0 aromatic heterocycles. The minimum Gasteiger partial charge on any atom is -0.293 e. The second kappa shape index (κ2) is 14.4. The van der Waals surface area contributed by atoms with E-state index < -0.39 is 0 Å². The summed E-state index contributed by atoms with van der Waals surface area (Å²) in [4.78, 5) is 31.6. The summed E-state index contributed by atoms with van der Waals surface area (Å²) in [6.07, 6.45) is 13.6. The Labute approximate surface area is 218 Å². The number of benzene rings is 2. The third-order valence-electron chi connectivity index (χ3n) is 8.09. The van der Waals surface area contributed by atoms with Crippen LogP contribution in [-0.4, -0.2) is 59.6 Å². The van der Waals surface area contributed by atoms with Gasteiger partial charge in [0.25, 0.3) is 0 Å². The molecule has 2 heterocycles. The summed E-state index contributed by atoms with van der Waals surface area (Å²) in [5.41, 5.74) is 1.69. The summed E-state index contributed by atoms with van der Waals surface area (Å²) in [6.45, 7) is 4.18. The van der Waals surface area contributed by atoms with Crippen molar-refractivity contribution >= 4 is 11.6 Å². The number of carbonyl (C=O) groups is 2. The van der Waals surface area contributed by atoms with E-state index in [4.69, 9.17) is 0 Å². The predicted molar refractivity (Wildman–Crippen MR) is 148 cm³/mol. The molecule has 0 amide bonds. The standard InChI is InChI=1S/C32H44N2O2/c35-31(27-17-7-3-8-18-27)29(33-23-13-5-14-24-33)21-11-1-2-12-22-30(34-25-15-6-16-26-34)32(36)28-19-9-4-10-20-28/h3-4,7-10,17-20,29-30H,1-2,5-6,11-16,21-26H2. The topological polar surface area (TPSA) is 40.6 Å². The Bertz CT molecular complexity index is 840. The summed E-state index contributed by atoms with van der Waals surface area (Å²) < 4.78 is 0. The van der Waals surface area contributed by atoms with Gasteiger partial charge in [0, 0.05) is 11.1 Å². The third-order valence-corrected chi connectivity index (χ3v) is 8.09. The molecular weight excluding hydrogens is 444 g/mol. The average molecular weight is 489 g/mol. The molecule has 2 unspecified atom stereocenters. The molecule has 2 aliphatic rings. The molecule has 0 spiro atoms. The molecule has 0 N–H and O–H groups in total. The summed E-state index contributed by atoms with van der Waals surface area (Å²) >= 11 is 0. The third kappa shape index (κ3) is 7.60. The van der Waals surface area contributed by atoms with Crippen molar-refractivity contribution in [2.24, 2.45) is 0 Å². The van der Waals surface area contributed by atoms with Crippen LogP contribution in [0.15, 0.2) is 60.7 Å². The number of piperidine rings is 2. The van der Waals surface area contributed by atoms with Crippen LogP contribution in [0.3, 0.4) is 0 Å². The second-order valence-corrected chi connectivity index (χ2v) is 10.7. The van der Waals surface area contributed by atoms with E-state index in [0.717, 1.165) is 75.8 Å². The number of hydrogen-bond acceptors (Lipinski definition) is 4. The Hall–Kier alpha value is -2.30. The highest BCUT2D eigenvalue weighted by Gasteiger charge is 2.29. The number of ketones is 2. The van der Waals surface area contributed by atoms with Gasteiger partial charge in [-0.3, -0.25) is 19.4 Å². The number of rotatable bonds is 13. The van der Waals surface area contributed by atoms with Crippen molar-refractivity contribution in [1.82, 2.24) is 9.80 Å². The van der Waals surface area contributed by atoms with Crippen molar-refractivity contribution in [2.75, 3.05) is 26.2 Å². The Morgan fingerprint density at radius 1 is 0.528 bits per heavy atom. The van der Waals surface area contributed by atoms with Gasteiger partial charge >= 0.3 is 0 Å². The quantitative estimate of drug-likeness (QED) is 0.230. The molecule has 0 bridgehead atoms. The van der Waals surface area contributed by atoms with E-state index in [1.165, 1.54) is 38.5 Å². The Morgan fingerprint density at radius 3 is 1.25 bits per heavy atom. The number of Topliss-reactive ketones (excluding diaryl/α,β-unsaturated/α-hetero) is 2. The van der Waals surface area contributed by atoms with E-state index in [1.54, 1.807) is 0 Å². The summed E-state index contributed by atoms with van der Waals surface area (Å²) in [5, 5.41) is 0. The molecule has 4 heteroatoms. The van der Waals surface area contributed by atoms with Gasteiger partial charge in [-0.25, -0.2) is 0 Å². The van der Waals surface area contributed by atoms with Gasteiger partial charge in [0.1, 0.15) is 0 Å². The van der Waals surface area contributed by atoms with Crippen molar-refractivity contribution in [3.8, 4) is 0 Å². The molecule has 2 aromatic carbocycles. The van der Waals surface area contributed by atoms with E-state index in [9.17, 15) is 9.59 Å². The van der Waals surface area contributed by atoms with E-state index in [1.807, 2.05) is 60.7 Å². The molecule has 4 nitrogen and oxygen atoms in total. The first-order chi connectivity index (χ1) is 17.7. The average Bonchev–Trinajstić information content (AvgIpc) is 2.96. The monoisotopic (exact) mass is 488 g/mol. The van der Waals surface area contributed by atoms with E-state index in [2.05, 4.69) is 9.80 Å². The van der Waals surface area contributed by atoms with Gasteiger partial charge in [0.05, 0.1) is 12.1 Å². The van der Waals surface area contributed by atoms with Crippen LogP contribution < -0.4 is 0 Å². The molecule has 194 valence electrons. The van der Waals surface area contributed by atoms with Crippen LogP contribution in [-0.2, 0) is 0 Å². The zero-order valence-corrected chi connectivity index (χ0v) is 22.0. The largest absolute Gasteiger partial charge is 0.293 e. The highest BCUT2D eigenvalue weighted by molar-refractivity contribution is 6.00. The van der Waals surface area contributed by atoms with Crippen LogP contribution in [0.1, 0.15) is 97.8 Å². The lowest BCUT2D eigenvalue weighted by Crippen LogP contribution is -2.44. The predicted octanol–water partition coefficient (Wildman–Crippen LogP) is 6.80. The van der Waals surface area contributed by atoms with Crippen LogP contribution in [0, 0.1) is 0 Å². The maximum atomic E-state index is 13.4. The Kier molecular flexibility index (Phi) is 10.7. The normalized spacial score (nSPS) is 19.0. The first kappa shape index (κ1) is 26.8. The second-order valence-electron chi connectivity index (χ2n) is 10.7. The fourth-order valence-electron chi connectivity index (χ4n) is 6.04. The molecule has 2 aliphatic heterocycles. The van der Waals surface area contributed by atoms with Crippen molar-refractivity contribution in [1.29, 1.82) is 0 Å². The summed E-state index contributed by atoms with van der Waals surface area (Å²) in [5.74, 6) is 0.576. The smallest absolute Gasteiger partial charge is 0.179 e. The zero-order chi connectivity index (χ0) is 25.0.